The fourth-order valence-electron chi connectivity index (χ4n) is 2.93. The number of carbonyl (C=O) groups is 3. The van der Waals surface area contributed by atoms with Crippen molar-refractivity contribution in [3.05, 3.63) is 80.3 Å². The SMILES string of the molecule is CC(=O)c1ccc(CNC(=O)c2cc(C(=O)NCc3ccc(F)c(Cl)c3)nc3ncnn23)s1. The zero-order valence-corrected chi connectivity index (χ0v) is 18.7. The van der Waals surface area contributed by atoms with Crippen LogP contribution >= 0.6 is 22.9 Å². The summed E-state index contributed by atoms with van der Waals surface area (Å²) in [7, 11) is 0. The van der Waals surface area contributed by atoms with Gasteiger partial charge in [-0.25, -0.2) is 9.37 Å². The summed E-state index contributed by atoms with van der Waals surface area (Å²) in [6.45, 7) is 1.75. The number of carbonyl (C=O) groups excluding carboxylic acids is 3. The molecular formula is C21H16ClFN6O3S. The average molecular weight is 487 g/mol. The van der Waals surface area contributed by atoms with Crippen LogP contribution in [0.1, 0.15) is 48.0 Å². The van der Waals surface area contributed by atoms with Gasteiger partial charge in [-0.3, -0.25) is 14.4 Å². The van der Waals surface area contributed by atoms with Crippen molar-refractivity contribution in [1.82, 2.24) is 30.2 Å². The third kappa shape index (κ3) is 5.04. The van der Waals surface area contributed by atoms with Crippen molar-refractivity contribution in [3.63, 3.8) is 0 Å². The lowest BCUT2D eigenvalue weighted by Crippen LogP contribution is -2.28. The lowest BCUT2D eigenvalue weighted by molar-refractivity contribution is 0.0941. The number of halogens is 2. The topological polar surface area (TPSA) is 118 Å². The molecule has 0 saturated carbocycles. The highest BCUT2D eigenvalue weighted by Crippen LogP contribution is 2.18. The molecule has 4 rings (SSSR count). The van der Waals surface area contributed by atoms with E-state index in [0.29, 0.717) is 10.4 Å². The van der Waals surface area contributed by atoms with Crippen LogP contribution in [0, 0.1) is 5.82 Å². The standard InChI is InChI=1S/C21H16ClFN6O3S/c1-11(30)18-5-3-13(33-18)9-25-20(32)17-7-16(28-21-26-10-27-29(17)21)19(31)24-8-12-2-4-15(23)14(22)6-12/h2-7,10H,8-9H2,1H3,(H,24,31)(H,25,32). The van der Waals surface area contributed by atoms with Gasteiger partial charge in [-0.2, -0.15) is 14.6 Å². The summed E-state index contributed by atoms with van der Waals surface area (Å²) in [5, 5.41) is 9.34. The average Bonchev–Trinajstić information content (AvgIpc) is 3.47. The molecular weight excluding hydrogens is 471 g/mol. The van der Waals surface area contributed by atoms with Gasteiger partial charge >= 0.3 is 0 Å². The van der Waals surface area contributed by atoms with Crippen LogP contribution in [0.3, 0.4) is 0 Å². The van der Waals surface area contributed by atoms with Crippen molar-refractivity contribution in [2.75, 3.05) is 0 Å². The van der Waals surface area contributed by atoms with E-state index in [0.717, 1.165) is 4.88 Å². The Morgan fingerprint density at radius 2 is 1.88 bits per heavy atom. The summed E-state index contributed by atoms with van der Waals surface area (Å²) in [6, 6.07) is 8.89. The molecule has 2 amide bonds. The number of aromatic nitrogens is 4. The van der Waals surface area contributed by atoms with Crippen molar-refractivity contribution >= 4 is 46.3 Å². The van der Waals surface area contributed by atoms with Crippen LogP contribution in [0.2, 0.25) is 5.02 Å². The number of amides is 2. The van der Waals surface area contributed by atoms with E-state index >= 15 is 0 Å². The van der Waals surface area contributed by atoms with E-state index in [2.05, 4.69) is 25.7 Å². The van der Waals surface area contributed by atoms with Gasteiger partial charge in [0.2, 0.25) is 0 Å². The number of thiophene rings is 1. The molecule has 168 valence electrons. The number of benzene rings is 1. The molecule has 12 heteroatoms. The Labute approximate surface area is 195 Å². The Bertz CT molecular complexity index is 1390. The number of hydrogen-bond acceptors (Lipinski definition) is 7. The zero-order valence-electron chi connectivity index (χ0n) is 17.1. The van der Waals surface area contributed by atoms with Gasteiger partial charge in [0.1, 0.15) is 23.5 Å². The van der Waals surface area contributed by atoms with Crippen molar-refractivity contribution < 1.29 is 18.8 Å². The van der Waals surface area contributed by atoms with E-state index in [1.165, 1.54) is 53.4 Å². The highest BCUT2D eigenvalue weighted by atomic mass is 35.5. The van der Waals surface area contributed by atoms with Crippen molar-refractivity contribution in [3.8, 4) is 0 Å². The molecule has 0 atom stereocenters. The third-order valence-electron chi connectivity index (χ3n) is 4.59. The minimum Gasteiger partial charge on any atom is -0.347 e. The molecule has 4 aromatic rings. The molecule has 3 heterocycles. The number of hydrogen-bond donors (Lipinski definition) is 2. The first-order chi connectivity index (χ1) is 15.8. The van der Waals surface area contributed by atoms with Gasteiger partial charge in [0.25, 0.3) is 17.6 Å². The molecule has 0 aliphatic carbocycles. The van der Waals surface area contributed by atoms with Crippen LogP contribution < -0.4 is 10.6 Å². The molecule has 0 radical (unpaired) electrons. The predicted octanol–water partition coefficient (Wildman–Crippen LogP) is 3.04. The molecule has 33 heavy (non-hydrogen) atoms. The number of nitrogens with zero attached hydrogens (tertiary/aromatic N) is 4. The first kappa shape index (κ1) is 22.5. The molecule has 3 aromatic heterocycles. The van der Waals surface area contributed by atoms with Gasteiger partial charge in [-0.15, -0.1) is 11.3 Å². The van der Waals surface area contributed by atoms with Gasteiger partial charge in [0, 0.05) is 17.5 Å². The summed E-state index contributed by atoms with van der Waals surface area (Å²) >= 11 is 7.06. The minimum absolute atomic E-state index is 0.0381. The van der Waals surface area contributed by atoms with Crippen LogP contribution in [0.25, 0.3) is 5.78 Å². The Balaban J connectivity index is 1.50. The van der Waals surface area contributed by atoms with Crippen molar-refractivity contribution in [2.45, 2.75) is 20.0 Å². The Morgan fingerprint density at radius 1 is 1.09 bits per heavy atom. The van der Waals surface area contributed by atoms with Crippen LogP contribution in [0.4, 0.5) is 4.39 Å². The molecule has 0 spiro atoms. The van der Waals surface area contributed by atoms with Gasteiger partial charge in [0.05, 0.1) is 16.4 Å². The zero-order chi connectivity index (χ0) is 23.5. The van der Waals surface area contributed by atoms with Crippen LogP contribution in [-0.2, 0) is 13.1 Å². The highest BCUT2D eigenvalue weighted by molar-refractivity contribution is 7.14. The molecule has 0 unspecified atom stereocenters. The quantitative estimate of drug-likeness (QED) is 0.388. The summed E-state index contributed by atoms with van der Waals surface area (Å²) in [6.07, 6.45) is 1.22. The molecule has 1 aromatic carbocycles. The van der Waals surface area contributed by atoms with Crippen LogP contribution in [-0.4, -0.2) is 37.2 Å². The number of fused-ring (bicyclic) bond motifs is 1. The molecule has 0 aliphatic rings. The Morgan fingerprint density at radius 3 is 2.61 bits per heavy atom. The monoisotopic (exact) mass is 486 g/mol. The Kier molecular flexibility index (Phi) is 6.43. The molecule has 0 fully saturated rings. The second-order valence-corrected chi connectivity index (χ2v) is 8.51. The van der Waals surface area contributed by atoms with Gasteiger partial charge in [-0.1, -0.05) is 17.7 Å². The number of Topliss-reactive ketones (excluding diaryl/α,β-unsaturated/α-hetero) is 1. The smallest absolute Gasteiger partial charge is 0.270 e. The summed E-state index contributed by atoms with van der Waals surface area (Å²) in [5.41, 5.74) is 0.622. The second kappa shape index (κ2) is 9.43. The number of nitrogens with one attached hydrogen (secondary N) is 2. The predicted molar refractivity (Wildman–Crippen MR) is 119 cm³/mol. The van der Waals surface area contributed by atoms with E-state index < -0.39 is 17.6 Å². The largest absolute Gasteiger partial charge is 0.347 e. The molecule has 0 aliphatic heterocycles. The Hall–Kier alpha value is -3.70. The molecule has 0 saturated heterocycles. The maximum Gasteiger partial charge on any atom is 0.270 e. The minimum atomic E-state index is -0.556. The van der Waals surface area contributed by atoms with Crippen molar-refractivity contribution in [2.24, 2.45) is 0 Å². The lowest BCUT2D eigenvalue weighted by Gasteiger charge is -2.09. The van der Waals surface area contributed by atoms with E-state index in [1.807, 2.05) is 0 Å². The highest BCUT2D eigenvalue weighted by Gasteiger charge is 2.18. The number of rotatable bonds is 7. The molecule has 0 bridgehead atoms. The van der Waals surface area contributed by atoms with Crippen LogP contribution in [0.5, 0.6) is 0 Å². The van der Waals surface area contributed by atoms with E-state index in [9.17, 15) is 18.8 Å². The fourth-order valence-corrected chi connectivity index (χ4v) is 3.98. The van der Waals surface area contributed by atoms with E-state index in [1.54, 1.807) is 12.1 Å². The summed E-state index contributed by atoms with van der Waals surface area (Å²) in [5.74, 6) is -1.58. The molecule has 9 nitrogen and oxygen atoms in total. The van der Waals surface area contributed by atoms with Gasteiger partial charge < -0.3 is 10.6 Å². The van der Waals surface area contributed by atoms with E-state index in [4.69, 9.17) is 11.6 Å². The first-order valence-electron chi connectivity index (χ1n) is 9.62. The number of ketones is 1. The molecule has 2 N–H and O–H groups in total. The van der Waals surface area contributed by atoms with Gasteiger partial charge in [-0.05, 0) is 36.8 Å². The third-order valence-corrected chi connectivity index (χ3v) is 6.06. The maximum atomic E-state index is 13.3. The summed E-state index contributed by atoms with van der Waals surface area (Å²) < 4.78 is 14.5. The summed E-state index contributed by atoms with van der Waals surface area (Å²) in [4.78, 5) is 46.4. The fraction of sp³-hybridized carbons (Fsp3) is 0.143. The normalized spacial score (nSPS) is 10.9. The second-order valence-electron chi connectivity index (χ2n) is 6.93. The lowest BCUT2D eigenvalue weighted by atomic mass is 10.2. The first-order valence-corrected chi connectivity index (χ1v) is 10.8. The van der Waals surface area contributed by atoms with E-state index in [-0.39, 0.29) is 41.1 Å². The van der Waals surface area contributed by atoms with Crippen molar-refractivity contribution in [1.29, 1.82) is 0 Å². The van der Waals surface area contributed by atoms with Crippen LogP contribution in [0.15, 0.2) is 42.7 Å². The van der Waals surface area contributed by atoms with Gasteiger partial charge in [0.15, 0.2) is 5.78 Å². The maximum absolute atomic E-state index is 13.3.